The van der Waals surface area contributed by atoms with E-state index in [9.17, 15) is 9.90 Å². The van der Waals surface area contributed by atoms with Crippen molar-refractivity contribution in [3.63, 3.8) is 0 Å². The second-order valence-electron chi connectivity index (χ2n) is 6.81. The van der Waals surface area contributed by atoms with Crippen molar-refractivity contribution < 1.29 is 25.2 Å². The fourth-order valence-corrected chi connectivity index (χ4v) is 2.83. The third-order valence-corrected chi connectivity index (χ3v) is 4.11. The minimum atomic E-state index is -1.08. The molecule has 0 aliphatic heterocycles. The van der Waals surface area contributed by atoms with Gasteiger partial charge in [0.15, 0.2) is 0 Å². The molecule has 0 fully saturated rings. The topological polar surface area (TPSA) is 98.3 Å². The van der Waals surface area contributed by atoms with E-state index in [1.54, 1.807) is 6.92 Å². The van der Waals surface area contributed by atoms with E-state index in [4.69, 9.17) is 5.11 Å². The molecule has 0 saturated heterocycles. The van der Waals surface area contributed by atoms with Crippen LogP contribution in [0.15, 0.2) is 12.1 Å². The van der Waals surface area contributed by atoms with Gasteiger partial charge in [-0.15, -0.1) is 0 Å². The molecular weight excluding hydrogens is 320 g/mol. The fraction of sp³-hybridized carbons (Fsp3) is 0.650. The Balaban J connectivity index is 0. The largest absolute Gasteiger partial charge is 0.468 e. The summed E-state index contributed by atoms with van der Waals surface area (Å²) in [5.41, 5.74) is 4.82. The SMILES string of the molecule is CCc1cc(C)cc(CC)c1C.C[C@@H](COC=O)CC(C)(O)CO.O. The molecule has 0 radical (unpaired) electrons. The first-order valence-electron chi connectivity index (χ1n) is 8.68. The van der Waals surface area contributed by atoms with Gasteiger partial charge in [-0.3, -0.25) is 4.79 Å². The highest BCUT2D eigenvalue weighted by molar-refractivity contribution is 5.38. The molecule has 1 unspecified atom stereocenters. The van der Waals surface area contributed by atoms with Gasteiger partial charge in [-0.2, -0.15) is 0 Å². The lowest BCUT2D eigenvalue weighted by atomic mass is 9.94. The molecule has 0 aromatic heterocycles. The average Bonchev–Trinajstić information content (AvgIpc) is 2.54. The summed E-state index contributed by atoms with van der Waals surface area (Å²) in [5, 5.41) is 18.1. The van der Waals surface area contributed by atoms with Gasteiger partial charge in [0, 0.05) is 0 Å². The quantitative estimate of drug-likeness (QED) is 0.699. The molecule has 0 saturated carbocycles. The number of carbonyl (C=O) groups excluding carboxylic acids is 1. The number of hydrogen-bond acceptors (Lipinski definition) is 4. The minimum Gasteiger partial charge on any atom is -0.468 e. The summed E-state index contributed by atoms with van der Waals surface area (Å²) in [6.07, 6.45) is 2.72. The summed E-state index contributed by atoms with van der Waals surface area (Å²) in [6.45, 7) is 12.6. The zero-order valence-electron chi connectivity index (χ0n) is 16.6. The molecule has 0 aliphatic rings. The number of hydrogen-bond donors (Lipinski definition) is 2. The summed E-state index contributed by atoms with van der Waals surface area (Å²) >= 11 is 0. The van der Waals surface area contributed by atoms with Gasteiger partial charge in [-0.25, -0.2) is 0 Å². The molecule has 0 amide bonds. The summed E-state index contributed by atoms with van der Waals surface area (Å²) in [4.78, 5) is 9.81. The van der Waals surface area contributed by atoms with E-state index in [2.05, 4.69) is 44.6 Å². The van der Waals surface area contributed by atoms with Crippen LogP contribution in [0.3, 0.4) is 0 Å². The van der Waals surface area contributed by atoms with Crippen LogP contribution < -0.4 is 0 Å². The van der Waals surface area contributed by atoms with Crippen LogP contribution in [0.25, 0.3) is 0 Å². The molecule has 0 aliphatic carbocycles. The Morgan fingerprint density at radius 3 is 2.04 bits per heavy atom. The Kier molecular flexibility index (Phi) is 13.3. The number of carbonyl (C=O) groups is 1. The van der Waals surface area contributed by atoms with Gasteiger partial charge in [0.05, 0.1) is 18.8 Å². The summed E-state index contributed by atoms with van der Waals surface area (Å²) < 4.78 is 4.51. The smallest absolute Gasteiger partial charge is 0.293 e. The summed E-state index contributed by atoms with van der Waals surface area (Å²) in [5.74, 6) is 0.0531. The van der Waals surface area contributed by atoms with Crippen LogP contribution in [-0.2, 0) is 22.4 Å². The summed E-state index contributed by atoms with van der Waals surface area (Å²) in [7, 11) is 0. The molecule has 5 heteroatoms. The van der Waals surface area contributed by atoms with Gasteiger partial charge < -0.3 is 20.4 Å². The van der Waals surface area contributed by atoms with E-state index in [1.807, 2.05) is 6.92 Å². The standard InChI is InChI=1S/C12H18.C8H16O4.H2O/c1-5-11-7-9(3)8-12(6-2)10(11)4;1-7(4-12-6-10)3-8(2,11)5-9;/h7-8H,5-6H2,1-4H3;6-7,9,11H,3-5H2,1-2H3;1H2/t;7-,8?;/m.1./s1. The Labute approximate surface area is 152 Å². The van der Waals surface area contributed by atoms with Crippen molar-refractivity contribution in [3.8, 4) is 0 Å². The van der Waals surface area contributed by atoms with Crippen molar-refractivity contribution in [1.82, 2.24) is 0 Å². The normalized spacial score (nSPS) is 13.6. The maximum Gasteiger partial charge on any atom is 0.293 e. The first kappa shape index (κ1) is 25.8. The molecule has 1 rings (SSSR count). The Morgan fingerprint density at radius 2 is 1.68 bits per heavy atom. The fourth-order valence-electron chi connectivity index (χ4n) is 2.83. The van der Waals surface area contributed by atoms with Gasteiger partial charge in [0.25, 0.3) is 6.47 Å². The highest BCUT2D eigenvalue weighted by Crippen LogP contribution is 2.17. The highest BCUT2D eigenvalue weighted by Gasteiger charge is 2.22. The molecule has 1 aromatic rings. The molecule has 146 valence electrons. The van der Waals surface area contributed by atoms with Crippen molar-refractivity contribution in [2.45, 2.75) is 66.4 Å². The number of rotatable bonds is 8. The molecule has 1 aromatic carbocycles. The van der Waals surface area contributed by atoms with Gasteiger partial charge in [0.1, 0.15) is 0 Å². The van der Waals surface area contributed by atoms with Crippen LogP contribution in [0.2, 0.25) is 0 Å². The lowest BCUT2D eigenvalue weighted by Gasteiger charge is -2.23. The van der Waals surface area contributed by atoms with Crippen molar-refractivity contribution in [1.29, 1.82) is 0 Å². The Morgan fingerprint density at radius 1 is 1.20 bits per heavy atom. The van der Waals surface area contributed by atoms with Crippen LogP contribution >= 0.6 is 0 Å². The zero-order chi connectivity index (χ0) is 18.8. The van der Waals surface area contributed by atoms with Gasteiger partial charge in [0.2, 0.25) is 0 Å². The molecule has 5 nitrogen and oxygen atoms in total. The first-order valence-corrected chi connectivity index (χ1v) is 8.68. The predicted molar refractivity (Wildman–Crippen MR) is 102 cm³/mol. The summed E-state index contributed by atoms with van der Waals surface area (Å²) in [6, 6.07) is 4.60. The molecule has 25 heavy (non-hydrogen) atoms. The molecule has 0 heterocycles. The average molecular weight is 357 g/mol. The van der Waals surface area contributed by atoms with Crippen molar-refractivity contribution >= 4 is 6.47 Å². The van der Waals surface area contributed by atoms with Crippen LogP contribution in [0.1, 0.15) is 56.4 Å². The number of ether oxygens (including phenoxy) is 1. The van der Waals surface area contributed by atoms with Crippen LogP contribution in [0.5, 0.6) is 0 Å². The third kappa shape index (κ3) is 10.2. The number of aliphatic hydroxyl groups is 2. The van der Waals surface area contributed by atoms with E-state index in [0.717, 1.165) is 12.8 Å². The van der Waals surface area contributed by atoms with E-state index in [1.165, 1.54) is 22.3 Å². The maximum absolute atomic E-state index is 9.81. The zero-order valence-corrected chi connectivity index (χ0v) is 16.6. The predicted octanol–water partition coefficient (Wildman–Crippen LogP) is 2.53. The van der Waals surface area contributed by atoms with E-state index in [-0.39, 0.29) is 24.6 Å². The lowest BCUT2D eigenvalue weighted by Crippen LogP contribution is -2.32. The monoisotopic (exact) mass is 356 g/mol. The van der Waals surface area contributed by atoms with Crippen molar-refractivity contribution in [2.24, 2.45) is 5.92 Å². The van der Waals surface area contributed by atoms with Crippen molar-refractivity contribution in [2.75, 3.05) is 13.2 Å². The number of aliphatic hydroxyl groups excluding tert-OH is 1. The second-order valence-corrected chi connectivity index (χ2v) is 6.81. The molecular formula is C20H36O5. The van der Waals surface area contributed by atoms with Crippen molar-refractivity contribution in [3.05, 3.63) is 34.4 Å². The van der Waals surface area contributed by atoms with Gasteiger partial charge in [-0.1, -0.05) is 38.5 Å². The molecule has 0 bridgehead atoms. The molecule has 4 N–H and O–H groups in total. The van der Waals surface area contributed by atoms with Crippen LogP contribution in [0, 0.1) is 19.8 Å². The first-order chi connectivity index (χ1) is 11.2. The van der Waals surface area contributed by atoms with E-state index in [0.29, 0.717) is 12.9 Å². The number of benzene rings is 1. The third-order valence-electron chi connectivity index (χ3n) is 4.11. The van der Waals surface area contributed by atoms with Crippen LogP contribution in [0.4, 0.5) is 0 Å². The Hall–Kier alpha value is -1.43. The highest BCUT2D eigenvalue weighted by atomic mass is 16.5. The second kappa shape index (κ2) is 12.9. The van der Waals surface area contributed by atoms with Crippen LogP contribution in [-0.4, -0.2) is 41.0 Å². The minimum absolute atomic E-state index is 0. The number of aryl methyl sites for hydroxylation is 3. The van der Waals surface area contributed by atoms with E-state index >= 15 is 0 Å². The maximum atomic E-state index is 9.81. The Bertz CT molecular complexity index is 472. The van der Waals surface area contributed by atoms with E-state index < -0.39 is 5.60 Å². The van der Waals surface area contributed by atoms with Gasteiger partial charge in [-0.05, 0) is 62.6 Å². The molecule has 0 spiro atoms. The lowest BCUT2D eigenvalue weighted by molar-refractivity contribution is -0.130. The molecule has 2 atom stereocenters. The van der Waals surface area contributed by atoms with Gasteiger partial charge >= 0.3 is 0 Å².